The number of nitrogens with one attached hydrogen (secondary N) is 1. The summed E-state index contributed by atoms with van der Waals surface area (Å²) in [6.45, 7) is 1.58. The van der Waals surface area contributed by atoms with Gasteiger partial charge in [0.05, 0.1) is 17.9 Å². The van der Waals surface area contributed by atoms with Crippen molar-refractivity contribution in [3.63, 3.8) is 0 Å². The maximum atomic E-state index is 12.4. The number of nitrogens with zero attached hydrogens (tertiary/aromatic N) is 1. The van der Waals surface area contributed by atoms with E-state index in [4.69, 9.17) is 11.6 Å². The highest BCUT2D eigenvalue weighted by atomic mass is 35.5. The molecule has 1 aliphatic heterocycles. The van der Waals surface area contributed by atoms with E-state index in [0.717, 1.165) is 10.5 Å². The second-order valence-electron chi connectivity index (χ2n) is 6.23. The molecule has 1 heterocycles. The van der Waals surface area contributed by atoms with Gasteiger partial charge in [-0.15, -0.1) is 0 Å². The van der Waals surface area contributed by atoms with Crippen LogP contribution in [-0.2, 0) is 14.4 Å². The average Bonchev–Trinajstić information content (AvgIpc) is 2.80. The molecule has 0 unspecified atom stereocenters. The third-order valence-corrected chi connectivity index (χ3v) is 4.99. The largest absolute Gasteiger partial charge is 0.348 e. The molecule has 2 aliphatic rings. The van der Waals surface area contributed by atoms with E-state index in [1.54, 1.807) is 6.07 Å². The van der Waals surface area contributed by atoms with Gasteiger partial charge in [0, 0.05) is 5.02 Å². The van der Waals surface area contributed by atoms with Crippen LogP contribution in [-0.4, -0.2) is 29.2 Å². The maximum absolute atomic E-state index is 12.4. The van der Waals surface area contributed by atoms with E-state index in [1.165, 1.54) is 0 Å². The highest BCUT2D eigenvalue weighted by molar-refractivity contribution is 6.31. The number of fused-ring (bicyclic) bond motifs is 1. The van der Waals surface area contributed by atoms with Crippen LogP contribution in [0, 0.1) is 11.8 Å². The Hall–Kier alpha value is -2.14. The lowest BCUT2D eigenvalue weighted by atomic mass is 9.85. The zero-order valence-corrected chi connectivity index (χ0v) is 14.1. The van der Waals surface area contributed by atoms with E-state index in [9.17, 15) is 14.4 Å². The number of hydrogen-bond donors (Lipinski definition) is 1. The number of carbonyl (C=O) groups excluding carboxylic acids is 3. The van der Waals surface area contributed by atoms with Gasteiger partial charge in [-0.2, -0.15) is 0 Å². The molecule has 0 saturated carbocycles. The normalized spacial score (nSPS) is 24.0. The van der Waals surface area contributed by atoms with E-state index in [-0.39, 0.29) is 42.1 Å². The molecule has 1 aromatic rings. The molecular weight excluding hydrogens is 328 g/mol. The number of halogens is 1. The van der Waals surface area contributed by atoms with E-state index < -0.39 is 0 Å². The van der Waals surface area contributed by atoms with Crippen molar-refractivity contribution < 1.29 is 14.4 Å². The Labute approximate surface area is 145 Å². The van der Waals surface area contributed by atoms with Crippen LogP contribution in [0.4, 0.5) is 0 Å². The lowest BCUT2D eigenvalue weighted by Crippen LogP contribution is -2.41. The Morgan fingerprint density at radius 1 is 1.21 bits per heavy atom. The van der Waals surface area contributed by atoms with Gasteiger partial charge in [-0.25, -0.2) is 0 Å². The highest BCUT2D eigenvalue weighted by Crippen LogP contribution is 2.34. The molecule has 0 spiro atoms. The van der Waals surface area contributed by atoms with Crippen LogP contribution in [0.25, 0.3) is 0 Å². The van der Waals surface area contributed by atoms with Crippen molar-refractivity contribution in [1.82, 2.24) is 10.2 Å². The predicted octanol–water partition coefficient (Wildman–Crippen LogP) is 2.47. The van der Waals surface area contributed by atoms with Crippen molar-refractivity contribution in [2.75, 3.05) is 6.54 Å². The summed E-state index contributed by atoms with van der Waals surface area (Å²) >= 11 is 6.13. The summed E-state index contributed by atoms with van der Waals surface area (Å²) in [6, 6.07) is 6.94. The lowest BCUT2D eigenvalue weighted by molar-refractivity contribution is -0.143. The summed E-state index contributed by atoms with van der Waals surface area (Å²) in [5.74, 6) is -1.46. The monoisotopic (exact) mass is 346 g/mol. The van der Waals surface area contributed by atoms with E-state index in [2.05, 4.69) is 5.32 Å². The van der Waals surface area contributed by atoms with Crippen LogP contribution in [0.3, 0.4) is 0 Å². The van der Waals surface area contributed by atoms with Gasteiger partial charge < -0.3 is 5.32 Å². The molecule has 0 bridgehead atoms. The number of allylic oxidation sites excluding steroid dienone is 2. The Balaban J connectivity index is 1.64. The van der Waals surface area contributed by atoms with Crippen LogP contribution in [0.1, 0.15) is 31.4 Å². The van der Waals surface area contributed by atoms with Crippen molar-refractivity contribution in [2.45, 2.75) is 25.8 Å². The molecule has 3 atom stereocenters. The zero-order valence-electron chi connectivity index (χ0n) is 13.4. The first-order valence-electron chi connectivity index (χ1n) is 8.03. The summed E-state index contributed by atoms with van der Waals surface area (Å²) in [5, 5.41) is 3.37. The molecule has 1 N–H and O–H groups in total. The van der Waals surface area contributed by atoms with Gasteiger partial charge >= 0.3 is 0 Å². The molecule has 126 valence electrons. The number of rotatable bonds is 4. The standard InChI is InChI=1S/C18H19ClN2O3/c1-11(12-6-4-5-9-15(12)19)20-16(22)10-21-17(23)13-7-2-3-8-14(13)18(21)24/h2-6,9,11,13-14H,7-8,10H2,1H3,(H,20,22)/t11-,13-,14-/m0/s1. The summed E-state index contributed by atoms with van der Waals surface area (Å²) in [5.41, 5.74) is 0.796. The molecule has 1 aliphatic carbocycles. The molecule has 1 fully saturated rings. The molecule has 1 aromatic carbocycles. The number of amides is 3. The molecule has 3 amide bonds. The maximum Gasteiger partial charge on any atom is 0.240 e. The number of likely N-dealkylation sites (tertiary alicyclic amines) is 1. The molecule has 0 aromatic heterocycles. The Kier molecular flexibility index (Phi) is 4.71. The van der Waals surface area contributed by atoms with Crippen LogP contribution in [0.5, 0.6) is 0 Å². The van der Waals surface area contributed by atoms with E-state index in [1.807, 2.05) is 37.3 Å². The quantitative estimate of drug-likeness (QED) is 0.672. The van der Waals surface area contributed by atoms with Gasteiger partial charge in [-0.3, -0.25) is 19.3 Å². The zero-order chi connectivity index (χ0) is 17.3. The molecule has 0 radical (unpaired) electrons. The van der Waals surface area contributed by atoms with E-state index >= 15 is 0 Å². The average molecular weight is 347 g/mol. The summed E-state index contributed by atoms with van der Waals surface area (Å²) in [7, 11) is 0. The lowest BCUT2D eigenvalue weighted by Gasteiger charge is -2.19. The van der Waals surface area contributed by atoms with Gasteiger partial charge in [0.2, 0.25) is 17.7 Å². The second-order valence-corrected chi connectivity index (χ2v) is 6.64. The topological polar surface area (TPSA) is 66.5 Å². The minimum absolute atomic E-state index is 0.237. The van der Waals surface area contributed by atoms with Gasteiger partial charge in [0.25, 0.3) is 0 Å². The number of carbonyl (C=O) groups is 3. The van der Waals surface area contributed by atoms with Crippen molar-refractivity contribution in [3.8, 4) is 0 Å². The summed E-state index contributed by atoms with van der Waals surface area (Å²) < 4.78 is 0. The first-order valence-corrected chi connectivity index (χ1v) is 8.41. The predicted molar refractivity (Wildman–Crippen MR) is 90.1 cm³/mol. The van der Waals surface area contributed by atoms with Crippen LogP contribution >= 0.6 is 11.6 Å². The van der Waals surface area contributed by atoms with Crippen molar-refractivity contribution in [2.24, 2.45) is 11.8 Å². The Morgan fingerprint density at radius 3 is 2.38 bits per heavy atom. The minimum atomic E-state index is -0.365. The van der Waals surface area contributed by atoms with Crippen LogP contribution < -0.4 is 5.32 Å². The third kappa shape index (κ3) is 3.08. The minimum Gasteiger partial charge on any atom is -0.348 e. The smallest absolute Gasteiger partial charge is 0.240 e. The molecule has 3 rings (SSSR count). The summed E-state index contributed by atoms with van der Waals surface area (Å²) in [4.78, 5) is 38.1. The molecule has 1 saturated heterocycles. The van der Waals surface area contributed by atoms with Crippen molar-refractivity contribution >= 4 is 29.3 Å². The fourth-order valence-corrected chi connectivity index (χ4v) is 3.66. The number of imide groups is 1. The second kappa shape index (κ2) is 6.77. The number of hydrogen-bond acceptors (Lipinski definition) is 3. The van der Waals surface area contributed by atoms with Gasteiger partial charge in [-0.1, -0.05) is 42.0 Å². The van der Waals surface area contributed by atoms with Gasteiger partial charge in [-0.05, 0) is 31.4 Å². The molecular formula is C18H19ClN2O3. The van der Waals surface area contributed by atoms with Crippen molar-refractivity contribution in [3.05, 3.63) is 47.0 Å². The number of benzene rings is 1. The van der Waals surface area contributed by atoms with Crippen LogP contribution in [0.2, 0.25) is 5.02 Å². The Morgan fingerprint density at radius 2 is 1.79 bits per heavy atom. The highest BCUT2D eigenvalue weighted by Gasteiger charge is 2.47. The van der Waals surface area contributed by atoms with E-state index in [0.29, 0.717) is 17.9 Å². The Bertz CT molecular complexity index is 690. The SMILES string of the molecule is C[C@H](NC(=O)CN1C(=O)[C@H]2CC=CC[C@@H]2C1=O)c1ccccc1Cl. The fraction of sp³-hybridized carbons (Fsp3) is 0.389. The first-order chi connectivity index (χ1) is 11.5. The fourth-order valence-electron chi connectivity index (χ4n) is 3.36. The molecule has 24 heavy (non-hydrogen) atoms. The van der Waals surface area contributed by atoms with Gasteiger partial charge in [0.1, 0.15) is 6.54 Å². The molecule has 5 nitrogen and oxygen atoms in total. The molecule has 6 heteroatoms. The van der Waals surface area contributed by atoms with Crippen molar-refractivity contribution in [1.29, 1.82) is 0 Å². The third-order valence-electron chi connectivity index (χ3n) is 4.65. The van der Waals surface area contributed by atoms with Gasteiger partial charge in [0.15, 0.2) is 0 Å². The first kappa shape index (κ1) is 16.7. The summed E-state index contributed by atoms with van der Waals surface area (Å²) in [6.07, 6.45) is 5.00. The van der Waals surface area contributed by atoms with Crippen LogP contribution in [0.15, 0.2) is 36.4 Å².